The molecule has 0 radical (unpaired) electrons. The number of carbonyl (C=O) groups is 1. The average molecular weight is 318 g/mol. The van der Waals surface area contributed by atoms with Crippen molar-refractivity contribution >= 4 is 15.9 Å². The number of ether oxygens (including phenoxy) is 1. The summed E-state index contributed by atoms with van der Waals surface area (Å²) in [6, 6.07) is 2.03. The summed E-state index contributed by atoms with van der Waals surface area (Å²) in [4.78, 5) is 11.4. The van der Waals surface area contributed by atoms with E-state index < -0.39 is 27.8 Å². The van der Waals surface area contributed by atoms with Crippen LogP contribution in [0.2, 0.25) is 0 Å². The van der Waals surface area contributed by atoms with Crippen molar-refractivity contribution in [2.45, 2.75) is 37.8 Å². The van der Waals surface area contributed by atoms with E-state index in [0.29, 0.717) is 0 Å². The van der Waals surface area contributed by atoms with Gasteiger partial charge in [0.2, 0.25) is 15.9 Å². The molecule has 6 nitrogen and oxygen atoms in total. The molecule has 8 heteroatoms. The lowest BCUT2D eigenvalue weighted by atomic mass is 10.3. The largest absolute Gasteiger partial charge is 0.495 e. The van der Waals surface area contributed by atoms with Crippen LogP contribution in [-0.2, 0) is 14.8 Å². The van der Waals surface area contributed by atoms with E-state index in [1.165, 1.54) is 20.1 Å². The highest BCUT2D eigenvalue weighted by Gasteiger charge is 2.25. The van der Waals surface area contributed by atoms with Crippen molar-refractivity contribution in [3.05, 3.63) is 24.0 Å². The number of nitrogens with one attached hydrogen (secondary N) is 2. The molecule has 1 amide bonds. The lowest BCUT2D eigenvalue weighted by molar-refractivity contribution is -0.122. The zero-order valence-corrected chi connectivity index (χ0v) is 13.1. The quantitative estimate of drug-likeness (QED) is 0.820. The van der Waals surface area contributed by atoms with Crippen molar-refractivity contribution in [2.24, 2.45) is 0 Å². The average Bonchev–Trinajstić information content (AvgIpc) is 2.37. The number of methoxy groups -OCH3 is 1. The van der Waals surface area contributed by atoms with Gasteiger partial charge >= 0.3 is 0 Å². The van der Waals surface area contributed by atoms with Crippen LogP contribution in [-0.4, -0.2) is 33.5 Å². The summed E-state index contributed by atoms with van der Waals surface area (Å²) in [5.74, 6) is -1.18. The van der Waals surface area contributed by atoms with Crippen LogP contribution < -0.4 is 14.8 Å². The number of benzene rings is 1. The van der Waals surface area contributed by atoms with Gasteiger partial charge in [-0.15, -0.1) is 0 Å². The van der Waals surface area contributed by atoms with Gasteiger partial charge in [-0.1, -0.05) is 0 Å². The lowest BCUT2D eigenvalue weighted by Gasteiger charge is -2.17. The SMILES string of the molecule is COc1ccc(F)cc1S(=O)(=O)NC(C)C(=O)NC(C)C. The van der Waals surface area contributed by atoms with E-state index in [9.17, 15) is 17.6 Å². The van der Waals surface area contributed by atoms with Crippen molar-refractivity contribution in [1.29, 1.82) is 0 Å². The molecule has 0 aliphatic heterocycles. The molecule has 0 aromatic heterocycles. The summed E-state index contributed by atoms with van der Waals surface area (Å²) in [5.41, 5.74) is 0. The first kappa shape index (κ1) is 17.4. The first-order chi connectivity index (χ1) is 9.67. The number of hydrogen-bond acceptors (Lipinski definition) is 4. The molecule has 0 spiro atoms. The molecule has 0 aliphatic rings. The van der Waals surface area contributed by atoms with Crippen molar-refractivity contribution in [3.8, 4) is 5.75 Å². The van der Waals surface area contributed by atoms with Crippen molar-refractivity contribution in [2.75, 3.05) is 7.11 Å². The number of hydrogen-bond donors (Lipinski definition) is 2. The third kappa shape index (κ3) is 4.68. The van der Waals surface area contributed by atoms with E-state index in [0.717, 1.165) is 12.1 Å². The number of rotatable bonds is 6. The fraction of sp³-hybridized carbons (Fsp3) is 0.462. The third-order valence-electron chi connectivity index (χ3n) is 2.57. The van der Waals surface area contributed by atoms with Gasteiger partial charge in [0.25, 0.3) is 0 Å². The molecule has 0 fully saturated rings. The van der Waals surface area contributed by atoms with E-state index >= 15 is 0 Å². The van der Waals surface area contributed by atoms with Crippen molar-refractivity contribution < 1.29 is 22.3 Å². The molecule has 21 heavy (non-hydrogen) atoms. The van der Waals surface area contributed by atoms with E-state index in [-0.39, 0.29) is 16.7 Å². The molecule has 1 aromatic rings. The summed E-state index contributed by atoms with van der Waals surface area (Å²) in [7, 11) is -2.80. The highest BCUT2D eigenvalue weighted by molar-refractivity contribution is 7.89. The number of halogens is 1. The molecule has 118 valence electrons. The van der Waals surface area contributed by atoms with Gasteiger partial charge < -0.3 is 10.1 Å². The highest BCUT2D eigenvalue weighted by Crippen LogP contribution is 2.24. The fourth-order valence-electron chi connectivity index (χ4n) is 1.62. The minimum atomic E-state index is -4.08. The monoisotopic (exact) mass is 318 g/mol. The smallest absolute Gasteiger partial charge is 0.245 e. The Labute approximate surface area is 123 Å². The predicted molar refractivity (Wildman–Crippen MR) is 76.0 cm³/mol. The van der Waals surface area contributed by atoms with Crippen LogP contribution in [0.15, 0.2) is 23.1 Å². The Morgan fingerprint density at radius 3 is 2.43 bits per heavy atom. The minimum absolute atomic E-state index is 0.000341. The second-order valence-corrected chi connectivity index (χ2v) is 6.48. The molecule has 0 bridgehead atoms. The summed E-state index contributed by atoms with van der Waals surface area (Å²) in [6.45, 7) is 4.92. The molecule has 0 aliphatic carbocycles. The van der Waals surface area contributed by atoms with E-state index in [2.05, 4.69) is 10.0 Å². The molecular formula is C13H19FN2O4S. The van der Waals surface area contributed by atoms with Gasteiger partial charge in [0.15, 0.2) is 0 Å². The van der Waals surface area contributed by atoms with E-state index in [1.807, 2.05) is 0 Å². The normalized spacial score (nSPS) is 13.0. The number of amides is 1. The Balaban J connectivity index is 3.02. The Morgan fingerprint density at radius 2 is 1.90 bits per heavy atom. The summed E-state index contributed by atoms with van der Waals surface area (Å²) < 4.78 is 44.8. The van der Waals surface area contributed by atoms with Crippen LogP contribution in [0.4, 0.5) is 4.39 Å². The molecule has 0 saturated carbocycles. The molecule has 0 saturated heterocycles. The molecule has 1 rings (SSSR count). The highest BCUT2D eigenvalue weighted by atomic mass is 32.2. The van der Waals surface area contributed by atoms with Crippen LogP contribution in [0.5, 0.6) is 5.75 Å². The molecule has 0 heterocycles. The van der Waals surface area contributed by atoms with Gasteiger partial charge in [-0.25, -0.2) is 12.8 Å². The van der Waals surface area contributed by atoms with Crippen LogP contribution in [0.3, 0.4) is 0 Å². The summed E-state index contributed by atoms with van der Waals surface area (Å²) in [6.07, 6.45) is 0. The Kier molecular flexibility index (Phi) is 5.68. The zero-order chi connectivity index (χ0) is 16.2. The first-order valence-electron chi connectivity index (χ1n) is 6.33. The number of carbonyl (C=O) groups excluding carboxylic acids is 1. The van der Waals surface area contributed by atoms with E-state index in [1.54, 1.807) is 13.8 Å². The van der Waals surface area contributed by atoms with Gasteiger partial charge in [-0.2, -0.15) is 4.72 Å². The van der Waals surface area contributed by atoms with Gasteiger partial charge in [0, 0.05) is 6.04 Å². The lowest BCUT2D eigenvalue weighted by Crippen LogP contribution is -2.46. The van der Waals surface area contributed by atoms with E-state index in [4.69, 9.17) is 4.74 Å². The zero-order valence-electron chi connectivity index (χ0n) is 12.3. The molecule has 1 atom stereocenters. The predicted octanol–water partition coefficient (Wildman–Crippen LogP) is 1.03. The Bertz CT molecular complexity index is 617. The second-order valence-electron chi connectivity index (χ2n) is 4.80. The maximum absolute atomic E-state index is 13.3. The first-order valence-corrected chi connectivity index (χ1v) is 7.82. The molecule has 1 aromatic carbocycles. The van der Waals surface area contributed by atoms with Crippen LogP contribution >= 0.6 is 0 Å². The Morgan fingerprint density at radius 1 is 1.29 bits per heavy atom. The summed E-state index contributed by atoms with van der Waals surface area (Å²) in [5, 5.41) is 2.59. The summed E-state index contributed by atoms with van der Waals surface area (Å²) >= 11 is 0. The van der Waals surface area contributed by atoms with Crippen molar-refractivity contribution in [3.63, 3.8) is 0 Å². The Hall–Kier alpha value is -1.67. The van der Waals surface area contributed by atoms with Crippen LogP contribution in [0, 0.1) is 5.82 Å². The van der Waals surface area contributed by atoms with Gasteiger partial charge in [-0.05, 0) is 39.0 Å². The molecule has 2 N–H and O–H groups in total. The maximum atomic E-state index is 13.3. The second kappa shape index (κ2) is 6.86. The van der Waals surface area contributed by atoms with Gasteiger partial charge in [0.1, 0.15) is 16.5 Å². The van der Waals surface area contributed by atoms with Crippen LogP contribution in [0.25, 0.3) is 0 Å². The van der Waals surface area contributed by atoms with Gasteiger partial charge in [0.05, 0.1) is 13.2 Å². The fourth-order valence-corrected chi connectivity index (χ4v) is 3.00. The molecular weight excluding hydrogens is 299 g/mol. The van der Waals surface area contributed by atoms with Crippen LogP contribution in [0.1, 0.15) is 20.8 Å². The standard InChI is InChI=1S/C13H19FN2O4S/c1-8(2)15-13(17)9(3)16-21(18,19)12-7-10(14)5-6-11(12)20-4/h5-9,16H,1-4H3,(H,15,17). The van der Waals surface area contributed by atoms with Crippen molar-refractivity contribution in [1.82, 2.24) is 10.0 Å². The maximum Gasteiger partial charge on any atom is 0.245 e. The topological polar surface area (TPSA) is 84.5 Å². The number of sulfonamides is 1. The third-order valence-corrected chi connectivity index (χ3v) is 4.13. The van der Waals surface area contributed by atoms with Gasteiger partial charge in [-0.3, -0.25) is 4.79 Å². The minimum Gasteiger partial charge on any atom is -0.495 e. The molecule has 1 unspecified atom stereocenters.